The molecule has 1 amide bonds. The number of aromatic nitrogens is 1. The van der Waals surface area contributed by atoms with Crippen LogP contribution in [0.4, 0.5) is 0 Å². The lowest BCUT2D eigenvalue weighted by Gasteiger charge is -2.47. The maximum absolute atomic E-state index is 13.8. The number of rotatable bonds is 8. The molecule has 0 bridgehead atoms. The van der Waals surface area contributed by atoms with Crippen molar-refractivity contribution >= 4 is 5.91 Å². The number of likely N-dealkylation sites (tertiary alicyclic amines) is 1. The average molecular weight is 457 g/mol. The van der Waals surface area contributed by atoms with Gasteiger partial charge in [-0.1, -0.05) is 60.7 Å². The maximum atomic E-state index is 13.8. The molecule has 3 aromatic rings. The van der Waals surface area contributed by atoms with Crippen molar-refractivity contribution in [2.24, 2.45) is 11.7 Å². The molecule has 1 aliphatic rings. The molecule has 178 valence electrons. The zero-order valence-electron chi connectivity index (χ0n) is 20.3. The molecule has 3 N–H and O–H groups in total. The molecule has 2 aromatic carbocycles. The van der Waals surface area contributed by atoms with Gasteiger partial charge in [-0.25, -0.2) is 0 Å². The molecule has 1 aromatic heterocycles. The molecule has 1 saturated heterocycles. The number of nitrogens with zero attached hydrogens (tertiary/aromatic N) is 2. The van der Waals surface area contributed by atoms with Gasteiger partial charge in [-0.15, -0.1) is 0 Å². The molecule has 2 heterocycles. The van der Waals surface area contributed by atoms with Gasteiger partial charge in [-0.2, -0.15) is 0 Å². The quantitative estimate of drug-likeness (QED) is 0.526. The lowest BCUT2D eigenvalue weighted by Crippen LogP contribution is -2.58. The number of piperidine rings is 1. The second-order valence-corrected chi connectivity index (χ2v) is 9.93. The normalized spacial score (nSPS) is 18.4. The molecule has 5 heteroatoms. The van der Waals surface area contributed by atoms with Crippen LogP contribution in [0.25, 0.3) is 11.3 Å². The number of benzene rings is 2. The maximum Gasteiger partial charge on any atom is 0.240 e. The number of hydrogen-bond acceptors (Lipinski definition) is 4. The number of nitrogens with two attached hydrogens (primary N) is 1. The van der Waals surface area contributed by atoms with Crippen LogP contribution in [-0.4, -0.2) is 40.5 Å². The van der Waals surface area contributed by atoms with E-state index in [1.807, 2.05) is 42.6 Å². The summed E-state index contributed by atoms with van der Waals surface area (Å²) in [7, 11) is 0. The van der Waals surface area contributed by atoms with Crippen LogP contribution in [0.2, 0.25) is 0 Å². The van der Waals surface area contributed by atoms with Crippen LogP contribution in [-0.2, 0) is 17.8 Å². The Morgan fingerprint density at radius 1 is 1.06 bits per heavy atom. The minimum absolute atomic E-state index is 0.175. The minimum Gasteiger partial charge on any atom is -0.336 e. The van der Waals surface area contributed by atoms with Crippen molar-refractivity contribution in [1.29, 1.82) is 0 Å². The van der Waals surface area contributed by atoms with E-state index in [0.717, 1.165) is 41.8 Å². The number of amides is 1. The number of carbonyl (C=O) groups excluding carboxylic acids is 1. The third-order valence-electron chi connectivity index (χ3n) is 6.93. The molecule has 2 unspecified atom stereocenters. The van der Waals surface area contributed by atoms with Gasteiger partial charge in [0, 0.05) is 30.4 Å². The predicted octanol–water partition coefficient (Wildman–Crippen LogP) is 4.43. The van der Waals surface area contributed by atoms with Gasteiger partial charge in [0.1, 0.15) is 0 Å². The summed E-state index contributed by atoms with van der Waals surface area (Å²) in [4.78, 5) is 20.3. The summed E-state index contributed by atoms with van der Waals surface area (Å²) in [5.41, 5.74) is 10.1. The van der Waals surface area contributed by atoms with Gasteiger partial charge in [-0.3, -0.25) is 9.78 Å². The molecule has 0 spiro atoms. The van der Waals surface area contributed by atoms with E-state index in [4.69, 9.17) is 5.73 Å². The van der Waals surface area contributed by atoms with E-state index in [1.54, 1.807) is 0 Å². The van der Waals surface area contributed by atoms with Crippen LogP contribution in [0, 0.1) is 5.92 Å². The topological polar surface area (TPSA) is 71.2 Å². The van der Waals surface area contributed by atoms with Gasteiger partial charge < -0.3 is 16.0 Å². The van der Waals surface area contributed by atoms with Gasteiger partial charge in [0.25, 0.3) is 0 Å². The number of hydrogen-bond donors (Lipinski definition) is 2. The Balaban J connectivity index is 1.48. The van der Waals surface area contributed by atoms with Crippen LogP contribution < -0.4 is 11.1 Å². The molecule has 0 saturated carbocycles. The molecule has 5 nitrogen and oxygen atoms in total. The fourth-order valence-electron chi connectivity index (χ4n) is 5.00. The Morgan fingerprint density at radius 3 is 2.44 bits per heavy atom. The van der Waals surface area contributed by atoms with E-state index < -0.39 is 0 Å². The van der Waals surface area contributed by atoms with Crippen molar-refractivity contribution in [3.05, 3.63) is 90.1 Å². The Labute approximate surface area is 203 Å². The van der Waals surface area contributed by atoms with E-state index in [-0.39, 0.29) is 17.5 Å². The first-order valence-electron chi connectivity index (χ1n) is 12.3. The molecular weight excluding hydrogens is 420 g/mol. The van der Waals surface area contributed by atoms with Gasteiger partial charge >= 0.3 is 0 Å². The highest BCUT2D eigenvalue weighted by molar-refractivity contribution is 5.83. The lowest BCUT2D eigenvalue weighted by atomic mass is 9.82. The van der Waals surface area contributed by atoms with Crippen molar-refractivity contribution < 1.29 is 4.79 Å². The number of nitrogens with one attached hydrogen (secondary N) is 1. The average Bonchev–Trinajstić information content (AvgIpc) is 2.87. The van der Waals surface area contributed by atoms with Crippen LogP contribution in [0.1, 0.15) is 37.8 Å². The van der Waals surface area contributed by atoms with E-state index in [2.05, 4.69) is 65.4 Å². The molecule has 0 radical (unpaired) electrons. The second-order valence-electron chi connectivity index (χ2n) is 9.93. The van der Waals surface area contributed by atoms with E-state index >= 15 is 0 Å². The highest BCUT2D eigenvalue weighted by Gasteiger charge is 2.39. The molecule has 34 heavy (non-hydrogen) atoms. The third kappa shape index (κ3) is 5.91. The first kappa shape index (κ1) is 24.1. The van der Waals surface area contributed by atoms with Gasteiger partial charge in [0.15, 0.2) is 0 Å². The summed E-state index contributed by atoms with van der Waals surface area (Å²) in [6.07, 6.45) is 4.39. The second kappa shape index (κ2) is 10.9. The molecule has 4 rings (SSSR count). The highest BCUT2D eigenvalue weighted by atomic mass is 16.2. The Hall–Kier alpha value is -3.02. The van der Waals surface area contributed by atoms with Crippen molar-refractivity contribution in [2.45, 2.75) is 51.2 Å². The summed E-state index contributed by atoms with van der Waals surface area (Å²) in [5.74, 6) is 0.659. The smallest absolute Gasteiger partial charge is 0.240 e. The molecule has 0 aliphatic carbocycles. The van der Waals surface area contributed by atoms with Crippen molar-refractivity contribution in [3.63, 3.8) is 0 Å². The van der Waals surface area contributed by atoms with Gasteiger partial charge in [0.2, 0.25) is 5.91 Å². The fourth-order valence-corrected chi connectivity index (χ4v) is 5.00. The van der Waals surface area contributed by atoms with Crippen molar-refractivity contribution in [3.8, 4) is 11.3 Å². The highest BCUT2D eigenvalue weighted by Crippen LogP contribution is 2.32. The van der Waals surface area contributed by atoms with E-state index in [1.165, 1.54) is 0 Å². The summed E-state index contributed by atoms with van der Waals surface area (Å²) in [6.45, 7) is 6.42. The largest absolute Gasteiger partial charge is 0.336 e. The van der Waals surface area contributed by atoms with Gasteiger partial charge in [-0.05, 0) is 68.8 Å². The van der Waals surface area contributed by atoms with E-state index in [0.29, 0.717) is 25.4 Å². The van der Waals surface area contributed by atoms with Crippen LogP contribution in [0.15, 0.2) is 79.0 Å². The van der Waals surface area contributed by atoms with Crippen molar-refractivity contribution in [2.75, 3.05) is 13.1 Å². The standard InChI is InChI=1S/C29H36N4O/c1-29(2)19-24(20-30)15-17-33(29)28(34)27(18-22-8-4-3-5-9-22)32-21-23-11-13-25(14-12-23)26-10-6-7-16-31-26/h3-14,16,24,27,32H,15,17-21,30H2,1-2H3. The Bertz CT molecular complexity index is 1050. The Kier molecular flexibility index (Phi) is 7.76. The zero-order valence-corrected chi connectivity index (χ0v) is 20.3. The SMILES string of the molecule is CC1(C)CC(CN)CCN1C(=O)C(Cc1ccccc1)NCc1ccc(-c2ccccn2)cc1. The van der Waals surface area contributed by atoms with E-state index in [9.17, 15) is 4.79 Å². The van der Waals surface area contributed by atoms with Crippen LogP contribution in [0.5, 0.6) is 0 Å². The molecule has 2 atom stereocenters. The fraction of sp³-hybridized carbons (Fsp3) is 0.379. The summed E-state index contributed by atoms with van der Waals surface area (Å²) in [5, 5.41) is 3.57. The summed E-state index contributed by atoms with van der Waals surface area (Å²) < 4.78 is 0. The monoisotopic (exact) mass is 456 g/mol. The summed E-state index contributed by atoms with van der Waals surface area (Å²) in [6, 6.07) is 24.3. The number of carbonyl (C=O) groups is 1. The zero-order chi connectivity index (χ0) is 24.0. The third-order valence-corrected chi connectivity index (χ3v) is 6.93. The first-order chi connectivity index (χ1) is 16.5. The summed E-state index contributed by atoms with van der Waals surface area (Å²) >= 11 is 0. The first-order valence-corrected chi connectivity index (χ1v) is 12.3. The van der Waals surface area contributed by atoms with Crippen LogP contribution >= 0.6 is 0 Å². The molecule has 1 aliphatic heterocycles. The molecule has 1 fully saturated rings. The van der Waals surface area contributed by atoms with Crippen molar-refractivity contribution in [1.82, 2.24) is 15.2 Å². The van der Waals surface area contributed by atoms with Crippen LogP contribution in [0.3, 0.4) is 0 Å². The Morgan fingerprint density at radius 2 is 1.79 bits per heavy atom. The van der Waals surface area contributed by atoms with Gasteiger partial charge in [0.05, 0.1) is 11.7 Å². The molecular formula is C29H36N4O. The predicted molar refractivity (Wildman–Crippen MR) is 138 cm³/mol. The number of pyridine rings is 1. The lowest BCUT2D eigenvalue weighted by molar-refractivity contribution is -0.142. The minimum atomic E-state index is -0.286.